The Kier molecular flexibility index (Phi) is 9.57. The van der Waals surface area contributed by atoms with Crippen LogP contribution in [0, 0.1) is 5.82 Å². The molecule has 14 heteroatoms. The Hall–Kier alpha value is -5.63. The number of carbonyl (C=O) groups is 2. The topological polar surface area (TPSA) is 165 Å². The number of aryl methyl sites for hydroxylation is 1. The molecule has 13 nitrogen and oxygen atoms in total. The number of pyridine rings is 1. The molecule has 48 heavy (non-hydrogen) atoms. The summed E-state index contributed by atoms with van der Waals surface area (Å²) < 4.78 is 18.0. The smallest absolute Gasteiger partial charge is 0.324 e. The molecule has 3 aromatic heterocycles. The monoisotopic (exact) mass is 654 g/mol. The number of rotatable bonds is 10. The summed E-state index contributed by atoms with van der Waals surface area (Å²) in [5.74, 6) is -0.436. The third-order valence-electron chi connectivity index (χ3n) is 7.57. The van der Waals surface area contributed by atoms with Crippen LogP contribution < -0.4 is 27.2 Å². The Morgan fingerprint density at radius 1 is 1.04 bits per heavy atom. The molecule has 0 saturated carbocycles. The van der Waals surface area contributed by atoms with Crippen molar-refractivity contribution in [3.05, 3.63) is 88.2 Å². The van der Waals surface area contributed by atoms with Crippen molar-refractivity contribution >= 4 is 40.4 Å². The van der Waals surface area contributed by atoms with E-state index in [1.807, 2.05) is 39.8 Å². The maximum absolute atomic E-state index is 15.1. The van der Waals surface area contributed by atoms with E-state index in [9.17, 15) is 14.4 Å². The first kappa shape index (κ1) is 33.7. The largest absolute Gasteiger partial charge is 0.369 e. The zero-order valence-electron chi connectivity index (χ0n) is 27.8. The molecule has 5 aromatic rings. The highest BCUT2D eigenvalue weighted by Gasteiger charge is 2.22. The van der Waals surface area contributed by atoms with Gasteiger partial charge in [0.05, 0.1) is 23.5 Å². The molecule has 0 aliphatic rings. The van der Waals surface area contributed by atoms with Gasteiger partial charge >= 0.3 is 6.03 Å². The predicted molar refractivity (Wildman–Crippen MR) is 185 cm³/mol. The van der Waals surface area contributed by atoms with E-state index in [1.165, 1.54) is 22.8 Å². The van der Waals surface area contributed by atoms with Crippen molar-refractivity contribution in [1.29, 1.82) is 0 Å². The lowest BCUT2D eigenvalue weighted by molar-refractivity contribution is -0.117. The van der Waals surface area contributed by atoms with Crippen molar-refractivity contribution < 1.29 is 14.0 Å². The Labute approximate surface area is 277 Å². The van der Waals surface area contributed by atoms with Crippen LogP contribution in [0.3, 0.4) is 0 Å². The number of halogens is 1. The van der Waals surface area contributed by atoms with Crippen molar-refractivity contribution in [3.8, 4) is 16.8 Å². The lowest BCUT2D eigenvalue weighted by atomic mass is 9.92. The van der Waals surface area contributed by atoms with Gasteiger partial charge in [-0.2, -0.15) is 10.1 Å². The zero-order valence-corrected chi connectivity index (χ0v) is 27.8. The van der Waals surface area contributed by atoms with Crippen LogP contribution in [0.15, 0.2) is 65.6 Å². The van der Waals surface area contributed by atoms with E-state index in [1.54, 1.807) is 54.3 Å². The molecular formula is C34H39FN10O3. The van der Waals surface area contributed by atoms with Gasteiger partial charge in [-0.3, -0.25) is 19.5 Å². The molecule has 3 amide bonds. The van der Waals surface area contributed by atoms with Gasteiger partial charge < -0.3 is 21.3 Å². The number of hydrogen-bond acceptors (Lipinski definition) is 8. The maximum Gasteiger partial charge on any atom is 0.324 e. The van der Waals surface area contributed by atoms with Gasteiger partial charge in [0.25, 0.3) is 5.56 Å². The second-order valence-corrected chi connectivity index (χ2v) is 12.8. The van der Waals surface area contributed by atoms with Crippen LogP contribution in [0.4, 0.5) is 26.6 Å². The summed E-state index contributed by atoms with van der Waals surface area (Å²) in [6.45, 7) is 7.37. The number of hydrogen-bond donors (Lipinski definition) is 4. The molecule has 3 heterocycles. The fraction of sp³-hybridized carbons (Fsp3) is 0.294. The molecule has 0 bridgehead atoms. The van der Waals surface area contributed by atoms with Crippen molar-refractivity contribution in [2.75, 3.05) is 43.1 Å². The van der Waals surface area contributed by atoms with Crippen molar-refractivity contribution in [2.45, 2.75) is 32.6 Å². The van der Waals surface area contributed by atoms with Gasteiger partial charge in [-0.05, 0) is 55.6 Å². The number of amides is 3. The number of nitrogens with zero attached hydrogens (tertiary/aromatic N) is 6. The molecular weight excluding hydrogens is 615 g/mol. The summed E-state index contributed by atoms with van der Waals surface area (Å²) in [5.41, 5.74) is 7.65. The molecule has 250 valence electrons. The number of anilines is 3. The number of primary amides is 1. The fourth-order valence-corrected chi connectivity index (χ4v) is 5.02. The summed E-state index contributed by atoms with van der Waals surface area (Å²) in [7, 11) is 5.54. The Balaban J connectivity index is 1.42. The molecule has 0 aliphatic carbocycles. The lowest BCUT2D eigenvalue weighted by Gasteiger charge is -2.14. The summed E-state index contributed by atoms with van der Waals surface area (Å²) in [4.78, 5) is 49.2. The van der Waals surface area contributed by atoms with Crippen molar-refractivity contribution in [1.82, 2.24) is 29.2 Å². The van der Waals surface area contributed by atoms with Crippen LogP contribution >= 0.6 is 0 Å². The second-order valence-electron chi connectivity index (χ2n) is 12.8. The summed E-state index contributed by atoms with van der Waals surface area (Å²) in [5, 5.41) is 13.8. The van der Waals surface area contributed by atoms with Gasteiger partial charge in [-0.25, -0.2) is 18.9 Å². The summed E-state index contributed by atoms with van der Waals surface area (Å²) in [6.07, 6.45) is 1.67. The average molecular weight is 655 g/mol. The van der Waals surface area contributed by atoms with Gasteiger partial charge in [-0.15, -0.1) is 0 Å². The molecule has 0 saturated heterocycles. The number of nitrogens with two attached hydrogens (primary N) is 1. The third-order valence-corrected chi connectivity index (χ3v) is 7.57. The molecule has 0 unspecified atom stereocenters. The number of aromatic nitrogens is 5. The minimum absolute atomic E-state index is 0.0444. The van der Waals surface area contributed by atoms with E-state index in [-0.39, 0.29) is 28.6 Å². The molecule has 0 atom stereocenters. The molecule has 0 aliphatic heterocycles. The second kappa shape index (κ2) is 13.6. The first-order valence-corrected chi connectivity index (χ1v) is 15.3. The number of likely N-dealkylation sites (N-methyl/N-ethyl adjacent to an activating group) is 1. The SMILES string of the molecule is CN(C)CCNc1ncc2cc(-c3ccc(F)c(NC(=O)Nc4cc(C(C)(C)C)nn4-c4cccc(CC(N)=O)c4)c3)c(=O)n(C)c2n1. The van der Waals surface area contributed by atoms with Crippen molar-refractivity contribution in [2.24, 2.45) is 12.8 Å². The highest BCUT2D eigenvalue weighted by molar-refractivity contribution is 6.00. The quantitative estimate of drug-likeness (QED) is 0.173. The maximum atomic E-state index is 15.1. The number of nitrogens with one attached hydrogen (secondary N) is 3. The minimum atomic E-state index is -0.727. The van der Waals surface area contributed by atoms with Crippen LogP contribution in [0.5, 0.6) is 0 Å². The highest BCUT2D eigenvalue weighted by Crippen LogP contribution is 2.28. The minimum Gasteiger partial charge on any atom is -0.369 e. The van der Waals surface area contributed by atoms with E-state index in [4.69, 9.17) is 10.8 Å². The van der Waals surface area contributed by atoms with Gasteiger partial charge in [-0.1, -0.05) is 39.0 Å². The van der Waals surface area contributed by atoms with Crippen LogP contribution in [0.2, 0.25) is 0 Å². The number of fused-ring (bicyclic) bond motifs is 1. The van der Waals surface area contributed by atoms with E-state index >= 15 is 4.39 Å². The van der Waals surface area contributed by atoms with Crippen molar-refractivity contribution in [3.63, 3.8) is 0 Å². The third kappa shape index (κ3) is 7.66. The predicted octanol–water partition coefficient (Wildman–Crippen LogP) is 4.26. The van der Waals surface area contributed by atoms with Crippen LogP contribution in [-0.2, 0) is 23.7 Å². The van der Waals surface area contributed by atoms with Crippen LogP contribution in [0.25, 0.3) is 27.8 Å². The van der Waals surface area contributed by atoms with E-state index in [0.29, 0.717) is 51.9 Å². The summed E-state index contributed by atoms with van der Waals surface area (Å²) >= 11 is 0. The number of benzene rings is 2. The Morgan fingerprint density at radius 3 is 2.52 bits per heavy atom. The van der Waals surface area contributed by atoms with Crippen LogP contribution in [0.1, 0.15) is 32.0 Å². The Bertz CT molecular complexity index is 2060. The highest BCUT2D eigenvalue weighted by atomic mass is 19.1. The normalized spacial score (nSPS) is 11.6. The molecule has 0 fully saturated rings. The molecule has 5 N–H and O–H groups in total. The fourth-order valence-electron chi connectivity index (χ4n) is 5.02. The molecule has 5 rings (SSSR count). The lowest BCUT2D eigenvalue weighted by Crippen LogP contribution is -2.23. The van der Waals surface area contributed by atoms with Gasteiger partial charge in [0, 0.05) is 48.8 Å². The first-order valence-electron chi connectivity index (χ1n) is 15.3. The average Bonchev–Trinajstić information content (AvgIpc) is 3.44. The van der Waals surface area contributed by atoms with E-state index in [0.717, 1.165) is 6.54 Å². The molecule has 0 spiro atoms. The summed E-state index contributed by atoms with van der Waals surface area (Å²) in [6, 6.07) is 13.8. The zero-order chi connectivity index (χ0) is 34.7. The van der Waals surface area contributed by atoms with Crippen LogP contribution in [-0.4, -0.2) is 68.3 Å². The standard InChI is InChI=1S/C34H39FN10O3/c1-34(2,3)27-18-29(45(42-27)23-9-7-8-20(14-23)15-28(36)46)40-33(48)39-26-17-21(10-11-25(26)35)24-16-22-19-38-32(37-12-13-43(4)5)41-30(22)44(6)31(24)47/h7-11,14,16-19H,12-13,15H2,1-6H3,(H2,36,46)(H,37,38,41)(H2,39,40,48). The van der Waals surface area contributed by atoms with E-state index < -0.39 is 17.8 Å². The van der Waals surface area contributed by atoms with Gasteiger partial charge in [0.2, 0.25) is 11.9 Å². The molecule has 2 aromatic carbocycles. The first-order chi connectivity index (χ1) is 22.7. The van der Waals surface area contributed by atoms with Gasteiger partial charge in [0.1, 0.15) is 17.3 Å². The Morgan fingerprint density at radius 2 is 1.81 bits per heavy atom. The van der Waals surface area contributed by atoms with Gasteiger partial charge in [0.15, 0.2) is 0 Å². The number of urea groups is 1. The number of carbonyl (C=O) groups excluding carboxylic acids is 2. The molecule has 0 radical (unpaired) electrons. The van der Waals surface area contributed by atoms with E-state index in [2.05, 4.69) is 25.9 Å².